The smallest absolute Gasteiger partial charge is 0.247 e. The van der Waals surface area contributed by atoms with E-state index in [1.165, 1.54) is 0 Å². The zero-order valence-corrected chi connectivity index (χ0v) is 7.71. The zero-order chi connectivity index (χ0) is 9.07. The summed E-state index contributed by atoms with van der Waals surface area (Å²) in [6.45, 7) is -0.0558. The first kappa shape index (κ1) is 10.8. The third-order valence-electron chi connectivity index (χ3n) is 0.710. The van der Waals surface area contributed by atoms with Gasteiger partial charge in [0.05, 0.1) is 6.54 Å². The lowest BCUT2D eigenvalue weighted by Gasteiger charge is -2.08. The minimum atomic E-state index is -1.71. The van der Waals surface area contributed by atoms with Crippen molar-refractivity contribution in [2.75, 3.05) is 6.54 Å². The quantitative estimate of drug-likeness (QED) is 0.360. The summed E-state index contributed by atoms with van der Waals surface area (Å²) in [6, 6.07) is 0. The Hall–Kier alpha value is -0.190. The molecule has 11 heavy (non-hydrogen) atoms. The molecule has 0 aliphatic heterocycles. The van der Waals surface area contributed by atoms with Crippen molar-refractivity contribution in [3.8, 4) is 0 Å². The molecule has 0 radical (unpaired) electrons. The molecule has 0 fully saturated rings. The van der Waals surface area contributed by atoms with Gasteiger partial charge in [-0.25, -0.2) is 0 Å². The molecule has 0 aliphatic rings. The van der Waals surface area contributed by atoms with E-state index in [4.69, 9.17) is 51.7 Å². The molecule has 0 saturated carbocycles. The molecule has 0 saturated heterocycles. The molecule has 0 rings (SSSR count). The van der Waals surface area contributed by atoms with Crippen LogP contribution in [0.4, 0.5) is 0 Å². The molecule has 0 bridgehead atoms. The number of alkyl halides is 3. The fourth-order valence-electron chi connectivity index (χ4n) is 0.260. The third kappa shape index (κ3) is 5.12. The van der Waals surface area contributed by atoms with E-state index in [1.54, 1.807) is 0 Å². The van der Waals surface area contributed by atoms with Crippen LogP contribution in [0, 0.1) is 5.41 Å². The van der Waals surface area contributed by atoms with Gasteiger partial charge >= 0.3 is 0 Å². The number of nitrogens with two attached hydrogens (primary N) is 2. The first-order valence-electron chi connectivity index (χ1n) is 2.54. The van der Waals surface area contributed by atoms with Gasteiger partial charge in [-0.05, 0) is 0 Å². The molecule has 5 N–H and O–H groups in total. The van der Waals surface area contributed by atoms with Crippen molar-refractivity contribution in [2.45, 2.75) is 3.79 Å². The Bertz CT molecular complexity index is 182. The van der Waals surface area contributed by atoms with E-state index >= 15 is 0 Å². The fourth-order valence-corrected chi connectivity index (χ4v) is 0.439. The average molecular weight is 217 g/mol. The van der Waals surface area contributed by atoms with Gasteiger partial charge in [-0.2, -0.15) is 0 Å². The third-order valence-corrected chi connectivity index (χ3v) is 1.29. The number of hydrogen-bond acceptors (Lipinski definition) is 2. The standard InChI is InChI=1S/C4H7Cl3N4/c5-4(6,7)3(10)11-1-2(8)9/h1H2,(H3,8,9)(H2,10,11). The molecule has 0 unspecified atom stereocenters. The van der Waals surface area contributed by atoms with Gasteiger partial charge in [-0.15, -0.1) is 0 Å². The highest BCUT2D eigenvalue weighted by molar-refractivity contribution is 6.76. The summed E-state index contributed by atoms with van der Waals surface area (Å²) >= 11 is 16.0. The molecule has 0 heterocycles. The van der Waals surface area contributed by atoms with E-state index < -0.39 is 3.79 Å². The summed E-state index contributed by atoms with van der Waals surface area (Å²) in [5, 5.41) is 6.78. The van der Waals surface area contributed by atoms with E-state index in [1.807, 2.05) is 0 Å². The lowest BCUT2D eigenvalue weighted by molar-refractivity contribution is 1.20. The lowest BCUT2D eigenvalue weighted by atomic mass is 10.6. The summed E-state index contributed by atoms with van der Waals surface area (Å²) in [7, 11) is 0. The highest BCUT2D eigenvalue weighted by Crippen LogP contribution is 2.25. The minimum Gasteiger partial charge on any atom is -0.386 e. The van der Waals surface area contributed by atoms with Crippen LogP contribution in [0.5, 0.6) is 0 Å². The Morgan fingerprint density at radius 3 is 2.09 bits per heavy atom. The second-order valence-electron chi connectivity index (χ2n) is 1.72. The topological polar surface area (TPSA) is 88.2 Å². The van der Waals surface area contributed by atoms with Crippen molar-refractivity contribution in [3.05, 3.63) is 0 Å². The monoisotopic (exact) mass is 216 g/mol. The molecule has 0 atom stereocenters. The minimum absolute atomic E-state index is 0.0558. The number of nitrogens with zero attached hydrogens (tertiary/aromatic N) is 1. The maximum atomic E-state index is 6.78. The lowest BCUT2D eigenvalue weighted by Crippen LogP contribution is -2.30. The SMILES string of the molecule is N=C(N)CN=C(N)C(Cl)(Cl)Cl. The van der Waals surface area contributed by atoms with Crippen LogP contribution in [0.1, 0.15) is 0 Å². The van der Waals surface area contributed by atoms with Crippen LogP contribution in [-0.4, -0.2) is 22.0 Å². The fraction of sp³-hybridized carbons (Fsp3) is 0.500. The molecule has 0 aromatic heterocycles. The second kappa shape index (κ2) is 3.99. The van der Waals surface area contributed by atoms with Crippen molar-refractivity contribution in [1.29, 1.82) is 5.41 Å². The largest absolute Gasteiger partial charge is 0.386 e. The van der Waals surface area contributed by atoms with Gasteiger partial charge in [-0.3, -0.25) is 10.4 Å². The van der Waals surface area contributed by atoms with E-state index in [0.717, 1.165) is 0 Å². The van der Waals surface area contributed by atoms with E-state index in [9.17, 15) is 0 Å². The number of halogens is 3. The number of aliphatic imine (C=N–C) groups is 1. The van der Waals surface area contributed by atoms with E-state index in [0.29, 0.717) is 0 Å². The highest BCUT2D eigenvalue weighted by Gasteiger charge is 2.24. The molecule has 7 heteroatoms. The number of amidine groups is 2. The molecule has 0 spiro atoms. The van der Waals surface area contributed by atoms with Crippen LogP contribution < -0.4 is 11.5 Å². The first-order valence-corrected chi connectivity index (χ1v) is 3.67. The summed E-state index contributed by atoms with van der Waals surface area (Å²) in [5.74, 6) is -0.306. The van der Waals surface area contributed by atoms with Crippen molar-refractivity contribution in [3.63, 3.8) is 0 Å². The molecular formula is C4H7Cl3N4. The predicted octanol–water partition coefficient (Wildman–Crippen LogP) is 0.650. The molecule has 0 aromatic carbocycles. The maximum Gasteiger partial charge on any atom is 0.247 e. The molecule has 0 aromatic rings. The molecule has 64 valence electrons. The summed E-state index contributed by atoms with van der Waals surface area (Å²) < 4.78 is -1.71. The van der Waals surface area contributed by atoms with Crippen LogP contribution in [0.15, 0.2) is 4.99 Å². The first-order chi connectivity index (χ1) is 4.84. The van der Waals surface area contributed by atoms with Gasteiger partial charge in [-0.1, -0.05) is 34.8 Å². The van der Waals surface area contributed by atoms with Crippen LogP contribution in [0.25, 0.3) is 0 Å². The van der Waals surface area contributed by atoms with Gasteiger partial charge in [0.2, 0.25) is 3.79 Å². The Labute approximate surface area is 79.0 Å². The Balaban J connectivity index is 4.12. The Kier molecular flexibility index (Phi) is 3.92. The van der Waals surface area contributed by atoms with Gasteiger partial charge in [0.25, 0.3) is 0 Å². The van der Waals surface area contributed by atoms with Crippen molar-refractivity contribution in [2.24, 2.45) is 16.5 Å². The number of nitrogens with one attached hydrogen (secondary N) is 1. The second-order valence-corrected chi connectivity index (χ2v) is 4.01. The number of hydrogen-bond donors (Lipinski definition) is 3. The Morgan fingerprint density at radius 1 is 1.36 bits per heavy atom. The van der Waals surface area contributed by atoms with E-state index in [-0.39, 0.29) is 18.2 Å². The zero-order valence-electron chi connectivity index (χ0n) is 5.44. The van der Waals surface area contributed by atoms with E-state index in [2.05, 4.69) is 4.99 Å². The van der Waals surface area contributed by atoms with Crippen LogP contribution in [0.3, 0.4) is 0 Å². The highest BCUT2D eigenvalue weighted by atomic mass is 35.6. The van der Waals surface area contributed by atoms with Crippen LogP contribution in [0.2, 0.25) is 0 Å². The van der Waals surface area contributed by atoms with Gasteiger partial charge in [0, 0.05) is 0 Å². The van der Waals surface area contributed by atoms with Crippen molar-refractivity contribution >= 4 is 46.5 Å². The summed E-state index contributed by atoms with van der Waals surface area (Å²) in [6.07, 6.45) is 0. The summed E-state index contributed by atoms with van der Waals surface area (Å²) in [5.41, 5.74) is 10.2. The maximum absolute atomic E-state index is 6.78. The molecule has 0 amide bonds. The molecule has 0 aliphatic carbocycles. The molecular weight excluding hydrogens is 210 g/mol. The van der Waals surface area contributed by atoms with Crippen LogP contribution in [-0.2, 0) is 0 Å². The van der Waals surface area contributed by atoms with Crippen molar-refractivity contribution < 1.29 is 0 Å². The van der Waals surface area contributed by atoms with Gasteiger partial charge in [0.15, 0.2) is 0 Å². The van der Waals surface area contributed by atoms with Crippen LogP contribution >= 0.6 is 34.8 Å². The van der Waals surface area contributed by atoms with Crippen molar-refractivity contribution in [1.82, 2.24) is 0 Å². The normalized spacial score (nSPS) is 13.2. The molecule has 4 nitrogen and oxygen atoms in total. The predicted molar refractivity (Wildman–Crippen MR) is 48.7 cm³/mol. The van der Waals surface area contributed by atoms with Gasteiger partial charge in [0.1, 0.15) is 11.7 Å². The summed E-state index contributed by atoms with van der Waals surface area (Å²) in [4.78, 5) is 3.54. The number of rotatable bonds is 2. The Morgan fingerprint density at radius 2 is 1.82 bits per heavy atom. The average Bonchev–Trinajstić information content (AvgIpc) is 1.80. The van der Waals surface area contributed by atoms with Gasteiger partial charge < -0.3 is 11.5 Å².